The number of methoxy groups -OCH3 is 1. The van der Waals surface area contributed by atoms with Gasteiger partial charge in [0.1, 0.15) is 6.54 Å². The second kappa shape index (κ2) is 5.71. The summed E-state index contributed by atoms with van der Waals surface area (Å²) in [5, 5.41) is 6.03. The zero-order chi connectivity index (χ0) is 14.8. The van der Waals surface area contributed by atoms with Crippen molar-refractivity contribution in [3.63, 3.8) is 0 Å². The number of carbonyl (C=O) groups is 1. The summed E-state index contributed by atoms with van der Waals surface area (Å²) < 4.78 is 11.7. The third kappa shape index (κ3) is 2.70. The summed E-state index contributed by atoms with van der Waals surface area (Å²) in [7, 11) is 1.62. The molecule has 112 valence electrons. The molecule has 1 aliphatic rings. The molecule has 2 aromatic rings. The maximum atomic E-state index is 12.1. The van der Waals surface area contributed by atoms with Gasteiger partial charge in [0.2, 0.25) is 5.91 Å². The smallest absolute Gasteiger partial charge is 0.408 e. The summed E-state index contributed by atoms with van der Waals surface area (Å²) in [6.45, 7) is 1.30. The fraction of sp³-hybridized carbons (Fsp3) is 0.429. The van der Waals surface area contributed by atoms with Crippen LogP contribution in [0.5, 0.6) is 0 Å². The Morgan fingerprint density at radius 3 is 3.10 bits per heavy atom. The highest BCUT2D eigenvalue weighted by Gasteiger charge is 2.28. The van der Waals surface area contributed by atoms with E-state index in [9.17, 15) is 9.59 Å². The molecule has 0 spiro atoms. The summed E-state index contributed by atoms with van der Waals surface area (Å²) in [5.41, 5.74) is 1.10. The van der Waals surface area contributed by atoms with Crippen LogP contribution in [0.4, 0.5) is 0 Å². The number of ether oxygens (including phenoxy) is 1. The fourth-order valence-electron chi connectivity index (χ4n) is 2.61. The standard InChI is InChI=1S/C14H17N3O4/c1-20-12-7-15-6-9(12)16-13(18)8-17-10-4-2-3-5-11(10)21-14(17)19/h2-5,9,12,15H,6-8H2,1H3,(H,16,18)/t9?,12-/m0/s1. The molecule has 7 heteroatoms. The quantitative estimate of drug-likeness (QED) is 0.807. The fourth-order valence-corrected chi connectivity index (χ4v) is 2.61. The summed E-state index contributed by atoms with van der Waals surface area (Å²) in [4.78, 5) is 23.9. The van der Waals surface area contributed by atoms with E-state index in [1.165, 1.54) is 4.57 Å². The molecular weight excluding hydrogens is 274 g/mol. The van der Waals surface area contributed by atoms with E-state index < -0.39 is 5.76 Å². The van der Waals surface area contributed by atoms with Crippen LogP contribution in [0.3, 0.4) is 0 Å². The molecule has 1 saturated heterocycles. The normalized spacial score (nSPS) is 21.8. The summed E-state index contributed by atoms with van der Waals surface area (Å²) >= 11 is 0. The first kappa shape index (κ1) is 13.8. The second-order valence-electron chi connectivity index (χ2n) is 5.03. The molecule has 3 rings (SSSR count). The zero-order valence-corrected chi connectivity index (χ0v) is 11.7. The van der Waals surface area contributed by atoms with Crippen molar-refractivity contribution in [3.05, 3.63) is 34.8 Å². The Bertz CT molecular complexity index is 706. The number of oxazole rings is 1. The molecule has 0 aliphatic carbocycles. The number of nitrogens with one attached hydrogen (secondary N) is 2. The van der Waals surface area contributed by atoms with E-state index in [2.05, 4.69) is 10.6 Å². The highest BCUT2D eigenvalue weighted by molar-refractivity contribution is 5.79. The van der Waals surface area contributed by atoms with E-state index in [0.29, 0.717) is 24.2 Å². The predicted molar refractivity (Wildman–Crippen MR) is 76.1 cm³/mol. The second-order valence-corrected chi connectivity index (χ2v) is 5.03. The van der Waals surface area contributed by atoms with Gasteiger partial charge < -0.3 is 19.8 Å². The first-order valence-electron chi connectivity index (χ1n) is 6.80. The summed E-state index contributed by atoms with van der Waals surface area (Å²) in [5.74, 6) is -0.765. The molecule has 7 nitrogen and oxygen atoms in total. The molecular formula is C14H17N3O4. The number of rotatable bonds is 4. The third-order valence-electron chi connectivity index (χ3n) is 3.68. The first-order valence-corrected chi connectivity index (χ1v) is 6.80. The molecule has 1 amide bonds. The van der Waals surface area contributed by atoms with Crippen molar-refractivity contribution in [2.75, 3.05) is 20.2 Å². The van der Waals surface area contributed by atoms with Crippen molar-refractivity contribution in [1.82, 2.24) is 15.2 Å². The van der Waals surface area contributed by atoms with Crippen LogP contribution in [0.25, 0.3) is 11.1 Å². The van der Waals surface area contributed by atoms with Crippen LogP contribution in [-0.2, 0) is 16.1 Å². The number of carbonyl (C=O) groups excluding carboxylic acids is 1. The van der Waals surface area contributed by atoms with Crippen molar-refractivity contribution in [1.29, 1.82) is 0 Å². The lowest BCUT2D eigenvalue weighted by Crippen LogP contribution is -2.45. The van der Waals surface area contributed by atoms with Crippen molar-refractivity contribution in [2.45, 2.75) is 18.7 Å². The number of nitrogens with zero attached hydrogens (tertiary/aromatic N) is 1. The molecule has 1 aromatic heterocycles. The van der Waals surface area contributed by atoms with E-state index >= 15 is 0 Å². The molecule has 21 heavy (non-hydrogen) atoms. The molecule has 2 N–H and O–H groups in total. The summed E-state index contributed by atoms with van der Waals surface area (Å²) in [6.07, 6.45) is -0.0493. The minimum absolute atomic E-state index is 0.0493. The summed E-state index contributed by atoms with van der Waals surface area (Å²) in [6, 6.07) is 6.95. The Hall–Kier alpha value is -2.12. The highest BCUT2D eigenvalue weighted by atomic mass is 16.5. The maximum absolute atomic E-state index is 12.1. The Morgan fingerprint density at radius 1 is 1.48 bits per heavy atom. The van der Waals surface area contributed by atoms with Crippen LogP contribution >= 0.6 is 0 Å². The molecule has 2 heterocycles. The SMILES string of the molecule is CO[C@H]1CNCC1NC(=O)Cn1c(=O)oc2ccccc21. The Kier molecular flexibility index (Phi) is 3.76. The minimum Gasteiger partial charge on any atom is -0.408 e. The zero-order valence-electron chi connectivity index (χ0n) is 11.7. The molecule has 1 aromatic carbocycles. The van der Waals surface area contributed by atoms with Crippen LogP contribution in [0.15, 0.2) is 33.5 Å². The average molecular weight is 291 g/mol. The number of hydrogen-bond donors (Lipinski definition) is 2. The average Bonchev–Trinajstić information content (AvgIpc) is 3.04. The van der Waals surface area contributed by atoms with Crippen molar-refractivity contribution >= 4 is 17.0 Å². The van der Waals surface area contributed by atoms with Gasteiger partial charge in [-0.3, -0.25) is 9.36 Å². The van der Waals surface area contributed by atoms with E-state index in [0.717, 1.165) is 0 Å². The van der Waals surface area contributed by atoms with E-state index in [1.54, 1.807) is 31.4 Å². The number of amides is 1. The molecule has 1 aliphatic heterocycles. The van der Waals surface area contributed by atoms with Gasteiger partial charge in [0.05, 0.1) is 17.7 Å². The van der Waals surface area contributed by atoms with Gasteiger partial charge >= 0.3 is 5.76 Å². The van der Waals surface area contributed by atoms with E-state index in [4.69, 9.17) is 9.15 Å². The van der Waals surface area contributed by atoms with Gasteiger partial charge in [0.25, 0.3) is 0 Å². The van der Waals surface area contributed by atoms with Gasteiger partial charge in [-0.25, -0.2) is 4.79 Å². The first-order chi connectivity index (χ1) is 10.2. The van der Waals surface area contributed by atoms with Gasteiger partial charge in [-0.15, -0.1) is 0 Å². The van der Waals surface area contributed by atoms with Gasteiger partial charge in [0.15, 0.2) is 5.58 Å². The predicted octanol–water partition coefficient (Wildman–Crippen LogP) is -0.302. The lowest BCUT2D eigenvalue weighted by molar-refractivity contribution is -0.123. The lowest BCUT2D eigenvalue weighted by atomic mass is 10.2. The van der Waals surface area contributed by atoms with Crippen LogP contribution in [0, 0.1) is 0 Å². The number of hydrogen-bond acceptors (Lipinski definition) is 5. The van der Waals surface area contributed by atoms with Crippen molar-refractivity contribution < 1.29 is 13.9 Å². The third-order valence-corrected chi connectivity index (χ3v) is 3.68. The number of aromatic nitrogens is 1. The van der Waals surface area contributed by atoms with E-state index in [-0.39, 0.29) is 24.6 Å². The van der Waals surface area contributed by atoms with Gasteiger partial charge in [-0.05, 0) is 12.1 Å². The molecule has 1 unspecified atom stereocenters. The maximum Gasteiger partial charge on any atom is 0.420 e. The van der Waals surface area contributed by atoms with Gasteiger partial charge in [-0.1, -0.05) is 12.1 Å². The largest absolute Gasteiger partial charge is 0.420 e. The van der Waals surface area contributed by atoms with Crippen LogP contribution in [-0.4, -0.2) is 42.8 Å². The Labute approximate surface area is 120 Å². The van der Waals surface area contributed by atoms with Crippen LogP contribution < -0.4 is 16.4 Å². The molecule has 0 bridgehead atoms. The molecule has 0 radical (unpaired) electrons. The minimum atomic E-state index is -0.529. The molecule has 2 atom stereocenters. The number of fused-ring (bicyclic) bond motifs is 1. The molecule has 1 fully saturated rings. The monoisotopic (exact) mass is 291 g/mol. The number of para-hydroxylation sites is 2. The van der Waals surface area contributed by atoms with Crippen molar-refractivity contribution in [2.24, 2.45) is 0 Å². The Balaban J connectivity index is 1.75. The topological polar surface area (TPSA) is 85.5 Å². The lowest BCUT2D eigenvalue weighted by Gasteiger charge is -2.18. The van der Waals surface area contributed by atoms with E-state index in [1.807, 2.05) is 0 Å². The van der Waals surface area contributed by atoms with Gasteiger partial charge in [-0.2, -0.15) is 0 Å². The highest BCUT2D eigenvalue weighted by Crippen LogP contribution is 2.11. The van der Waals surface area contributed by atoms with Gasteiger partial charge in [0, 0.05) is 20.2 Å². The van der Waals surface area contributed by atoms with Crippen LogP contribution in [0.1, 0.15) is 0 Å². The van der Waals surface area contributed by atoms with Crippen molar-refractivity contribution in [3.8, 4) is 0 Å². The Morgan fingerprint density at radius 2 is 2.29 bits per heavy atom. The van der Waals surface area contributed by atoms with Crippen LogP contribution in [0.2, 0.25) is 0 Å². The molecule has 0 saturated carbocycles. The number of benzene rings is 1.